The Bertz CT molecular complexity index is 880. The van der Waals surface area contributed by atoms with Crippen LogP contribution < -0.4 is 5.32 Å². The quantitative estimate of drug-likeness (QED) is 0.869. The van der Waals surface area contributed by atoms with Crippen molar-refractivity contribution >= 4 is 10.0 Å². The number of aromatic nitrogens is 2. The molecule has 3 rings (SSSR count). The first-order valence-corrected chi connectivity index (χ1v) is 9.63. The molecule has 6 nitrogen and oxygen atoms in total. The number of halogens is 3. The van der Waals surface area contributed by atoms with Gasteiger partial charge in [-0.15, -0.1) is 0 Å². The van der Waals surface area contributed by atoms with Crippen molar-refractivity contribution in [3.05, 3.63) is 53.6 Å². The van der Waals surface area contributed by atoms with Gasteiger partial charge in [-0.05, 0) is 11.6 Å². The molecule has 0 saturated carbocycles. The van der Waals surface area contributed by atoms with E-state index in [0.717, 1.165) is 12.1 Å². The van der Waals surface area contributed by atoms with Gasteiger partial charge < -0.3 is 9.88 Å². The number of hydrogen-bond acceptors (Lipinski definition) is 4. The number of nitrogens with zero attached hydrogens (tertiary/aromatic N) is 3. The maximum Gasteiger partial charge on any atom is 0.416 e. The highest BCUT2D eigenvalue weighted by atomic mass is 32.2. The van der Waals surface area contributed by atoms with Gasteiger partial charge in [0, 0.05) is 39.1 Å². The molecule has 1 atom stereocenters. The van der Waals surface area contributed by atoms with Gasteiger partial charge in [-0.25, -0.2) is 13.4 Å². The number of sulfonamides is 1. The van der Waals surface area contributed by atoms with E-state index in [1.165, 1.54) is 16.4 Å². The fourth-order valence-corrected chi connectivity index (χ4v) is 4.76. The molecule has 0 bridgehead atoms. The monoisotopic (exact) mass is 388 g/mol. The molecule has 1 unspecified atom stereocenters. The Hall–Kier alpha value is -1.91. The van der Waals surface area contributed by atoms with E-state index in [0.29, 0.717) is 18.9 Å². The summed E-state index contributed by atoms with van der Waals surface area (Å²) in [6.45, 7) is 1.11. The molecule has 2 heterocycles. The third kappa shape index (κ3) is 3.92. The Kier molecular flexibility index (Phi) is 5.09. The van der Waals surface area contributed by atoms with Gasteiger partial charge in [0.1, 0.15) is 5.82 Å². The minimum atomic E-state index is -4.51. The zero-order chi connectivity index (χ0) is 18.9. The number of nitrogens with one attached hydrogen (secondary N) is 1. The predicted molar refractivity (Wildman–Crippen MR) is 89.6 cm³/mol. The van der Waals surface area contributed by atoms with Gasteiger partial charge in [0.05, 0.1) is 17.4 Å². The summed E-state index contributed by atoms with van der Waals surface area (Å²) >= 11 is 0. The molecule has 1 aromatic carbocycles. The van der Waals surface area contributed by atoms with E-state index >= 15 is 0 Å². The fourth-order valence-electron chi connectivity index (χ4n) is 3.07. The van der Waals surface area contributed by atoms with Crippen molar-refractivity contribution in [3.63, 3.8) is 0 Å². The minimum absolute atomic E-state index is 0.108. The first kappa shape index (κ1) is 18.9. The number of piperazine rings is 1. The average molecular weight is 388 g/mol. The van der Waals surface area contributed by atoms with E-state index in [9.17, 15) is 21.6 Å². The molecule has 1 aliphatic rings. The van der Waals surface area contributed by atoms with E-state index < -0.39 is 33.6 Å². The molecule has 0 radical (unpaired) electrons. The number of aryl methyl sites for hydroxylation is 1. The SMILES string of the molecule is Cn1ccnc1C1CNCCN1S(=O)(=O)Cc1cccc(C(F)(F)F)c1. The van der Waals surface area contributed by atoms with E-state index in [1.807, 2.05) is 0 Å². The van der Waals surface area contributed by atoms with Crippen LogP contribution in [0.2, 0.25) is 0 Å². The third-order valence-corrected chi connectivity index (χ3v) is 6.16. The lowest BCUT2D eigenvalue weighted by molar-refractivity contribution is -0.137. The van der Waals surface area contributed by atoms with Crippen LogP contribution in [0.15, 0.2) is 36.7 Å². The molecule has 26 heavy (non-hydrogen) atoms. The van der Waals surface area contributed by atoms with Crippen LogP contribution in [-0.2, 0) is 29.0 Å². The largest absolute Gasteiger partial charge is 0.416 e. The average Bonchev–Trinajstić information content (AvgIpc) is 3.00. The smallest absolute Gasteiger partial charge is 0.337 e. The molecule has 10 heteroatoms. The fraction of sp³-hybridized carbons (Fsp3) is 0.438. The zero-order valence-corrected chi connectivity index (χ0v) is 14.9. The summed E-state index contributed by atoms with van der Waals surface area (Å²) in [6, 6.07) is 3.93. The van der Waals surface area contributed by atoms with Crippen molar-refractivity contribution in [2.24, 2.45) is 7.05 Å². The molecular formula is C16H19F3N4O2S. The van der Waals surface area contributed by atoms with Gasteiger partial charge in [-0.1, -0.05) is 18.2 Å². The highest BCUT2D eigenvalue weighted by Crippen LogP contribution is 2.31. The highest BCUT2D eigenvalue weighted by molar-refractivity contribution is 7.88. The molecule has 1 N–H and O–H groups in total. The predicted octanol–water partition coefficient (Wildman–Crippen LogP) is 1.92. The van der Waals surface area contributed by atoms with Gasteiger partial charge in [0.25, 0.3) is 0 Å². The van der Waals surface area contributed by atoms with Crippen LogP contribution in [0.4, 0.5) is 13.2 Å². The van der Waals surface area contributed by atoms with Gasteiger partial charge in [-0.2, -0.15) is 17.5 Å². The van der Waals surface area contributed by atoms with Crippen LogP contribution in [0, 0.1) is 0 Å². The summed E-state index contributed by atoms with van der Waals surface area (Å²) in [5, 5.41) is 3.14. The van der Waals surface area contributed by atoms with E-state index in [2.05, 4.69) is 10.3 Å². The van der Waals surface area contributed by atoms with Crippen molar-refractivity contribution in [1.29, 1.82) is 0 Å². The maximum absolute atomic E-state index is 12.9. The normalized spacial score (nSPS) is 19.6. The summed E-state index contributed by atoms with van der Waals surface area (Å²) < 4.78 is 67.5. The second-order valence-electron chi connectivity index (χ2n) is 6.18. The lowest BCUT2D eigenvalue weighted by Crippen LogP contribution is -2.49. The molecular weight excluding hydrogens is 369 g/mol. The second-order valence-corrected chi connectivity index (χ2v) is 8.10. The Labute approximate surface area is 149 Å². The summed E-state index contributed by atoms with van der Waals surface area (Å²) in [7, 11) is -2.05. The standard InChI is InChI=1S/C16H19F3N4O2S/c1-22-7-6-21-15(22)14-10-20-5-8-23(14)26(24,25)11-12-3-2-4-13(9-12)16(17,18)19/h2-4,6-7,9,14,20H,5,8,10-11H2,1H3. The Morgan fingerprint density at radius 1 is 1.35 bits per heavy atom. The summed E-state index contributed by atoms with van der Waals surface area (Å²) in [5.74, 6) is 0.0995. The van der Waals surface area contributed by atoms with Crippen molar-refractivity contribution in [3.8, 4) is 0 Å². The molecule has 142 valence electrons. The topological polar surface area (TPSA) is 67.2 Å². The molecule has 0 aliphatic carbocycles. The summed E-state index contributed by atoms with van der Waals surface area (Å²) in [6.07, 6.45) is -1.20. The number of benzene rings is 1. The summed E-state index contributed by atoms with van der Waals surface area (Å²) in [5.41, 5.74) is -0.747. The van der Waals surface area contributed by atoms with Gasteiger partial charge in [0.15, 0.2) is 0 Å². The number of rotatable bonds is 4. The van der Waals surface area contributed by atoms with E-state index in [4.69, 9.17) is 0 Å². The lowest BCUT2D eigenvalue weighted by Gasteiger charge is -2.34. The van der Waals surface area contributed by atoms with Crippen LogP contribution >= 0.6 is 0 Å². The first-order chi connectivity index (χ1) is 12.2. The van der Waals surface area contributed by atoms with Crippen molar-refractivity contribution in [2.45, 2.75) is 18.0 Å². The molecule has 0 amide bonds. The Morgan fingerprint density at radius 3 is 2.77 bits per heavy atom. The van der Waals surface area contributed by atoms with Gasteiger partial charge in [0.2, 0.25) is 10.0 Å². The number of alkyl halides is 3. The van der Waals surface area contributed by atoms with Crippen LogP contribution in [0.25, 0.3) is 0 Å². The first-order valence-electron chi connectivity index (χ1n) is 8.02. The molecule has 0 spiro atoms. The van der Waals surface area contributed by atoms with Gasteiger partial charge in [-0.3, -0.25) is 0 Å². The van der Waals surface area contributed by atoms with Crippen LogP contribution in [0.3, 0.4) is 0 Å². The van der Waals surface area contributed by atoms with Gasteiger partial charge >= 0.3 is 6.18 Å². The van der Waals surface area contributed by atoms with Crippen LogP contribution in [0.5, 0.6) is 0 Å². The van der Waals surface area contributed by atoms with Crippen LogP contribution in [-0.4, -0.2) is 41.9 Å². The Balaban J connectivity index is 1.88. The molecule has 1 aromatic heterocycles. The van der Waals surface area contributed by atoms with Crippen molar-refractivity contribution in [1.82, 2.24) is 19.2 Å². The van der Waals surface area contributed by atoms with Crippen molar-refractivity contribution in [2.75, 3.05) is 19.6 Å². The molecule has 2 aromatic rings. The molecule has 1 saturated heterocycles. The molecule has 1 aliphatic heterocycles. The minimum Gasteiger partial charge on any atom is -0.337 e. The third-order valence-electron chi connectivity index (χ3n) is 4.31. The van der Waals surface area contributed by atoms with Crippen molar-refractivity contribution < 1.29 is 21.6 Å². The van der Waals surface area contributed by atoms with E-state index in [1.54, 1.807) is 24.0 Å². The lowest BCUT2D eigenvalue weighted by atomic mass is 10.1. The number of hydrogen-bond donors (Lipinski definition) is 1. The van der Waals surface area contributed by atoms with Crippen LogP contribution in [0.1, 0.15) is 23.0 Å². The second kappa shape index (κ2) is 7.01. The number of imidazole rings is 1. The zero-order valence-electron chi connectivity index (χ0n) is 14.1. The Morgan fingerprint density at radius 2 is 2.12 bits per heavy atom. The maximum atomic E-state index is 12.9. The molecule has 1 fully saturated rings. The highest BCUT2D eigenvalue weighted by Gasteiger charge is 2.36. The van der Waals surface area contributed by atoms with E-state index in [-0.39, 0.29) is 12.1 Å². The summed E-state index contributed by atoms with van der Waals surface area (Å²) in [4.78, 5) is 4.22.